The lowest BCUT2D eigenvalue weighted by molar-refractivity contribution is -0.136. The molecule has 0 bridgehead atoms. The lowest BCUT2D eigenvalue weighted by atomic mass is 9.98. The summed E-state index contributed by atoms with van der Waals surface area (Å²) in [6.07, 6.45) is 0.979. The molecule has 4 N–H and O–H groups in total. The number of carboxylic acid groups (broad SMARTS) is 1. The second-order valence-corrected chi connectivity index (χ2v) is 5.41. The van der Waals surface area contributed by atoms with Crippen molar-refractivity contribution in [2.75, 3.05) is 19.6 Å². The van der Waals surface area contributed by atoms with E-state index in [1.807, 2.05) is 12.1 Å². The highest BCUT2D eigenvalue weighted by molar-refractivity contribution is 5.94. The number of nitrogens with one attached hydrogen (secondary N) is 3. The van der Waals surface area contributed by atoms with Gasteiger partial charge in [-0.1, -0.05) is 6.07 Å². The summed E-state index contributed by atoms with van der Waals surface area (Å²) >= 11 is 0. The van der Waals surface area contributed by atoms with Crippen LogP contribution in [-0.2, 0) is 22.6 Å². The fourth-order valence-electron chi connectivity index (χ4n) is 2.41. The van der Waals surface area contributed by atoms with Gasteiger partial charge >= 0.3 is 5.97 Å². The lowest BCUT2D eigenvalue weighted by Crippen LogP contribution is -2.32. The summed E-state index contributed by atoms with van der Waals surface area (Å²) < 4.78 is 0. The molecule has 24 heavy (non-hydrogen) atoms. The molecule has 1 aliphatic heterocycles. The molecule has 1 heterocycles. The third kappa shape index (κ3) is 6.17. The zero-order valence-corrected chi connectivity index (χ0v) is 14.1. The second-order valence-electron chi connectivity index (χ2n) is 5.41. The Hall–Kier alpha value is -2.12. The molecular weight excluding hydrogens is 334 g/mol. The van der Waals surface area contributed by atoms with Gasteiger partial charge in [-0.15, -0.1) is 12.4 Å². The number of carbonyl (C=O) groups excluding carboxylic acids is 2. The smallest absolute Gasteiger partial charge is 0.305 e. The SMILES string of the molecule is Cl.O=C(O)CCNC(=O)CCNC(=O)c1ccc2c(c1)CNCC2. The van der Waals surface area contributed by atoms with Crippen molar-refractivity contribution in [3.63, 3.8) is 0 Å². The quantitative estimate of drug-likeness (QED) is 0.568. The number of carboxylic acids is 1. The molecule has 0 radical (unpaired) electrons. The van der Waals surface area contributed by atoms with E-state index in [0.717, 1.165) is 25.1 Å². The van der Waals surface area contributed by atoms with Gasteiger partial charge in [-0.25, -0.2) is 0 Å². The van der Waals surface area contributed by atoms with E-state index in [0.29, 0.717) is 5.56 Å². The molecule has 1 aromatic rings. The van der Waals surface area contributed by atoms with Crippen LogP contribution in [-0.4, -0.2) is 42.5 Å². The van der Waals surface area contributed by atoms with Gasteiger partial charge in [-0.05, 0) is 36.2 Å². The van der Waals surface area contributed by atoms with Crippen molar-refractivity contribution in [1.29, 1.82) is 0 Å². The van der Waals surface area contributed by atoms with Crippen molar-refractivity contribution in [1.82, 2.24) is 16.0 Å². The molecule has 0 aliphatic carbocycles. The molecule has 2 rings (SSSR count). The molecule has 8 heteroatoms. The van der Waals surface area contributed by atoms with Crippen molar-refractivity contribution in [2.24, 2.45) is 0 Å². The van der Waals surface area contributed by atoms with Crippen LogP contribution in [0.3, 0.4) is 0 Å². The van der Waals surface area contributed by atoms with Gasteiger partial charge in [0.15, 0.2) is 0 Å². The van der Waals surface area contributed by atoms with Crippen molar-refractivity contribution < 1.29 is 19.5 Å². The van der Waals surface area contributed by atoms with E-state index in [1.165, 1.54) is 5.56 Å². The summed E-state index contributed by atoms with van der Waals surface area (Å²) in [5.74, 6) is -1.45. The molecule has 0 aromatic heterocycles. The van der Waals surface area contributed by atoms with Crippen LogP contribution in [0.25, 0.3) is 0 Å². The molecule has 0 fully saturated rings. The second kappa shape index (κ2) is 9.89. The van der Waals surface area contributed by atoms with Gasteiger partial charge in [-0.3, -0.25) is 14.4 Å². The minimum absolute atomic E-state index is 0. The highest BCUT2D eigenvalue weighted by atomic mass is 35.5. The van der Waals surface area contributed by atoms with Crippen LogP contribution in [0.2, 0.25) is 0 Å². The van der Waals surface area contributed by atoms with E-state index >= 15 is 0 Å². The van der Waals surface area contributed by atoms with E-state index < -0.39 is 5.97 Å². The number of amides is 2. The number of carbonyl (C=O) groups is 3. The zero-order chi connectivity index (χ0) is 16.7. The molecule has 132 valence electrons. The van der Waals surface area contributed by atoms with Crippen molar-refractivity contribution in [3.8, 4) is 0 Å². The van der Waals surface area contributed by atoms with Gasteiger partial charge in [0, 0.05) is 31.6 Å². The molecular formula is C16H22ClN3O4. The predicted octanol–water partition coefficient (Wildman–Crippen LogP) is 0.465. The third-order valence-corrected chi connectivity index (χ3v) is 3.65. The molecule has 0 saturated heterocycles. The summed E-state index contributed by atoms with van der Waals surface area (Å²) in [6, 6.07) is 5.65. The molecule has 1 aromatic carbocycles. The maximum Gasteiger partial charge on any atom is 0.305 e. The lowest BCUT2D eigenvalue weighted by Gasteiger charge is -2.17. The fraction of sp³-hybridized carbons (Fsp3) is 0.438. The molecule has 0 saturated carbocycles. The molecule has 2 amide bonds. The molecule has 0 unspecified atom stereocenters. The Balaban J connectivity index is 0.00000288. The Morgan fingerprint density at radius 1 is 1.08 bits per heavy atom. The Morgan fingerprint density at radius 2 is 1.83 bits per heavy atom. The predicted molar refractivity (Wildman–Crippen MR) is 91.3 cm³/mol. The number of halogens is 1. The van der Waals surface area contributed by atoms with Crippen LogP contribution in [0.4, 0.5) is 0 Å². The first-order chi connectivity index (χ1) is 11.1. The van der Waals surface area contributed by atoms with Crippen molar-refractivity contribution in [3.05, 3.63) is 34.9 Å². The summed E-state index contributed by atoms with van der Waals surface area (Å²) in [5.41, 5.74) is 2.98. The van der Waals surface area contributed by atoms with Gasteiger partial charge in [0.1, 0.15) is 0 Å². The van der Waals surface area contributed by atoms with Crippen LogP contribution in [0.1, 0.15) is 34.3 Å². The Kier molecular flexibility index (Phi) is 8.21. The van der Waals surface area contributed by atoms with Crippen LogP contribution in [0.15, 0.2) is 18.2 Å². The van der Waals surface area contributed by atoms with Crippen molar-refractivity contribution in [2.45, 2.75) is 25.8 Å². The molecule has 0 atom stereocenters. The van der Waals surface area contributed by atoms with E-state index in [2.05, 4.69) is 16.0 Å². The minimum atomic E-state index is -0.958. The largest absolute Gasteiger partial charge is 0.481 e. The van der Waals surface area contributed by atoms with Gasteiger partial charge in [0.05, 0.1) is 6.42 Å². The standard InChI is InChI=1S/C16H21N3O4.ClH/c20-14(18-8-5-15(21)22)4-7-19-16(23)12-2-1-11-3-6-17-10-13(11)9-12;/h1-2,9,17H,3-8,10H2,(H,18,20)(H,19,23)(H,21,22);1H. The highest BCUT2D eigenvalue weighted by Gasteiger charge is 2.12. The Labute approximate surface area is 146 Å². The third-order valence-electron chi connectivity index (χ3n) is 3.65. The van der Waals surface area contributed by atoms with Gasteiger partial charge < -0.3 is 21.1 Å². The number of rotatable bonds is 7. The number of fused-ring (bicyclic) bond motifs is 1. The van der Waals surface area contributed by atoms with Gasteiger partial charge in [0.25, 0.3) is 5.91 Å². The average Bonchev–Trinajstić information content (AvgIpc) is 2.54. The van der Waals surface area contributed by atoms with Crippen LogP contribution in [0, 0.1) is 0 Å². The van der Waals surface area contributed by atoms with Gasteiger partial charge in [0.2, 0.25) is 5.91 Å². The average molecular weight is 356 g/mol. The first kappa shape index (κ1) is 19.9. The Bertz CT molecular complexity index is 607. The molecule has 1 aliphatic rings. The van der Waals surface area contributed by atoms with Gasteiger partial charge in [-0.2, -0.15) is 0 Å². The maximum absolute atomic E-state index is 12.1. The van der Waals surface area contributed by atoms with Crippen molar-refractivity contribution >= 4 is 30.2 Å². The summed E-state index contributed by atoms with van der Waals surface area (Å²) in [6.45, 7) is 2.03. The highest BCUT2D eigenvalue weighted by Crippen LogP contribution is 2.15. The first-order valence-corrected chi connectivity index (χ1v) is 7.65. The summed E-state index contributed by atoms with van der Waals surface area (Å²) in [5, 5.41) is 16.9. The number of hydrogen-bond acceptors (Lipinski definition) is 4. The number of aliphatic carboxylic acids is 1. The maximum atomic E-state index is 12.1. The van der Waals surface area contributed by atoms with E-state index in [1.54, 1.807) is 6.07 Å². The van der Waals surface area contributed by atoms with E-state index in [9.17, 15) is 14.4 Å². The zero-order valence-electron chi connectivity index (χ0n) is 13.3. The van der Waals surface area contributed by atoms with E-state index in [-0.39, 0.29) is 50.2 Å². The monoisotopic (exact) mass is 355 g/mol. The molecule has 7 nitrogen and oxygen atoms in total. The summed E-state index contributed by atoms with van der Waals surface area (Å²) in [4.78, 5) is 33.9. The summed E-state index contributed by atoms with van der Waals surface area (Å²) in [7, 11) is 0. The number of benzene rings is 1. The minimum Gasteiger partial charge on any atom is -0.481 e. The van der Waals surface area contributed by atoms with Crippen LogP contribution in [0.5, 0.6) is 0 Å². The number of hydrogen-bond donors (Lipinski definition) is 4. The topological polar surface area (TPSA) is 108 Å². The Morgan fingerprint density at radius 3 is 2.58 bits per heavy atom. The van der Waals surface area contributed by atoms with Crippen LogP contribution >= 0.6 is 12.4 Å². The normalized spacial score (nSPS) is 12.5. The van der Waals surface area contributed by atoms with Crippen LogP contribution < -0.4 is 16.0 Å². The molecule has 0 spiro atoms. The fourth-order valence-corrected chi connectivity index (χ4v) is 2.41. The van der Waals surface area contributed by atoms with E-state index in [4.69, 9.17) is 5.11 Å². The first-order valence-electron chi connectivity index (χ1n) is 7.65.